The largest absolute Gasteiger partial charge is 0.481 e. The van der Waals surface area contributed by atoms with Gasteiger partial charge in [-0.25, -0.2) is 24.1 Å². The van der Waals surface area contributed by atoms with Gasteiger partial charge in [0, 0.05) is 5.41 Å². The van der Waals surface area contributed by atoms with E-state index in [1.54, 1.807) is 10.8 Å². The second-order valence-corrected chi connectivity index (χ2v) is 10.8. The van der Waals surface area contributed by atoms with Crippen molar-refractivity contribution in [1.82, 2.24) is 19.5 Å². The monoisotopic (exact) mass is 483 g/mol. The number of phosphoric ester groups is 1. The van der Waals surface area contributed by atoms with Gasteiger partial charge in [-0.2, -0.15) is 4.31 Å². The molecule has 0 radical (unpaired) electrons. The molecule has 6 atom stereocenters. The Balaban J connectivity index is 1.60. The third-order valence-corrected chi connectivity index (χ3v) is 8.17. The van der Waals surface area contributed by atoms with Crippen molar-refractivity contribution in [2.75, 3.05) is 18.6 Å². The van der Waals surface area contributed by atoms with Crippen LogP contribution in [0.15, 0.2) is 11.5 Å². The van der Waals surface area contributed by atoms with Crippen molar-refractivity contribution in [2.24, 2.45) is 11.3 Å². The first-order chi connectivity index (χ1) is 13.9. The van der Waals surface area contributed by atoms with E-state index < -0.39 is 45.9 Å². The highest BCUT2D eigenvalue weighted by atomic mass is 32.2. The van der Waals surface area contributed by atoms with Crippen LogP contribution in [-0.2, 0) is 18.0 Å². The van der Waals surface area contributed by atoms with Crippen LogP contribution >= 0.6 is 27.4 Å². The number of phosphoric acid groups is 2. The van der Waals surface area contributed by atoms with Crippen LogP contribution in [0.5, 0.6) is 0 Å². The van der Waals surface area contributed by atoms with Crippen LogP contribution in [0.1, 0.15) is 12.5 Å². The Morgan fingerprint density at radius 3 is 2.67 bits per heavy atom. The van der Waals surface area contributed by atoms with Gasteiger partial charge >= 0.3 is 15.6 Å². The van der Waals surface area contributed by atoms with E-state index in [2.05, 4.69) is 19.3 Å². The Morgan fingerprint density at radius 1 is 1.33 bits per heavy atom. The molecule has 14 nitrogen and oxygen atoms in total. The first-order valence-electron chi connectivity index (χ1n) is 8.53. The normalized spacial score (nSPS) is 32.9. The highest BCUT2D eigenvalue weighted by Crippen LogP contribution is 2.69. The lowest BCUT2D eigenvalue weighted by Crippen LogP contribution is -2.35. The summed E-state index contributed by atoms with van der Waals surface area (Å²) in [5.41, 5.74) is 5.51. The quantitative estimate of drug-likeness (QED) is 0.168. The topological polar surface area (TPSA) is 223 Å². The number of aliphatic hydroxyl groups is 2. The zero-order valence-electron chi connectivity index (χ0n) is 15.3. The maximum absolute atomic E-state index is 11.8. The summed E-state index contributed by atoms with van der Waals surface area (Å²) in [7, 11) is -10.3. The minimum atomic E-state index is -5.27. The number of imidazole rings is 1. The average molecular weight is 483 g/mol. The van der Waals surface area contributed by atoms with Gasteiger partial charge in [0.2, 0.25) is 0 Å². The number of aliphatic hydroxyl groups excluding tert-OH is 2. The van der Waals surface area contributed by atoms with Crippen LogP contribution in [0.25, 0.3) is 11.2 Å². The van der Waals surface area contributed by atoms with Crippen molar-refractivity contribution in [1.29, 1.82) is 0 Å². The molecule has 2 heterocycles. The second-order valence-electron chi connectivity index (χ2n) is 7.20. The molecule has 2 aromatic rings. The van der Waals surface area contributed by atoms with Crippen LogP contribution in [0.3, 0.4) is 0 Å². The van der Waals surface area contributed by atoms with Crippen LogP contribution in [0.2, 0.25) is 0 Å². The molecular formula is C13H19N5O9P2S. The van der Waals surface area contributed by atoms with E-state index in [0.717, 1.165) is 0 Å². The lowest BCUT2D eigenvalue weighted by molar-refractivity contribution is -0.0297. The highest BCUT2D eigenvalue weighted by molar-refractivity contribution is 7.98. The van der Waals surface area contributed by atoms with Crippen LogP contribution < -0.4 is 5.73 Å². The summed E-state index contributed by atoms with van der Waals surface area (Å²) in [4.78, 5) is 39.6. The number of rotatable bonds is 7. The molecule has 30 heavy (non-hydrogen) atoms. The van der Waals surface area contributed by atoms with Crippen molar-refractivity contribution >= 4 is 44.4 Å². The van der Waals surface area contributed by atoms with Crippen molar-refractivity contribution < 1.29 is 42.9 Å². The summed E-state index contributed by atoms with van der Waals surface area (Å²) in [6, 6.07) is -0.682. The lowest BCUT2D eigenvalue weighted by atomic mass is 10.0. The third kappa shape index (κ3) is 3.69. The maximum atomic E-state index is 11.8. The van der Waals surface area contributed by atoms with Crippen molar-refractivity contribution in [3.63, 3.8) is 0 Å². The predicted octanol–water partition coefficient (Wildman–Crippen LogP) is -0.360. The number of nitrogen functional groups attached to an aromatic ring is 1. The van der Waals surface area contributed by atoms with E-state index in [0.29, 0.717) is 22.7 Å². The molecule has 2 fully saturated rings. The molecule has 166 valence electrons. The number of anilines is 1. The Morgan fingerprint density at radius 2 is 2.03 bits per heavy atom. The number of hydrogen-bond donors (Lipinski definition) is 6. The lowest BCUT2D eigenvalue weighted by Gasteiger charge is -2.24. The Labute approximate surface area is 173 Å². The van der Waals surface area contributed by atoms with Gasteiger partial charge in [0.25, 0.3) is 0 Å². The molecule has 0 amide bonds. The van der Waals surface area contributed by atoms with E-state index >= 15 is 0 Å². The Bertz CT molecular complexity index is 1090. The molecule has 2 aromatic heterocycles. The molecular weight excluding hydrogens is 464 g/mol. The van der Waals surface area contributed by atoms with Crippen molar-refractivity contribution in [2.45, 2.75) is 29.8 Å². The summed E-state index contributed by atoms with van der Waals surface area (Å²) in [6.45, 7) is -0.556. The summed E-state index contributed by atoms with van der Waals surface area (Å²) < 4.78 is 32.6. The van der Waals surface area contributed by atoms with E-state index in [-0.39, 0.29) is 11.7 Å². The average Bonchev–Trinajstić information content (AvgIpc) is 3.13. The SMILES string of the molecule is CSc1nc(N)c2ncn([C@H]3[C@H](O)[C@H](O)[C@]4(COP(=O)(O)OP(=O)(O)O)C[C@H]34)c2n1. The van der Waals surface area contributed by atoms with Gasteiger partial charge in [0.05, 0.1) is 25.1 Å². The zero-order valence-corrected chi connectivity index (χ0v) is 17.9. The minimum absolute atomic E-state index is 0.164. The van der Waals surface area contributed by atoms with Gasteiger partial charge < -0.3 is 35.2 Å². The predicted molar refractivity (Wildman–Crippen MR) is 102 cm³/mol. The van der Waals surface area contributed by atoms with E-state index in [4.69, 9.17) is 20.0 Å². The number of nitrogens with zero attached hydrogens (tertiary/aromatic N) is 4. The van der Waals surface area contributed by atoms with E-state index in [1.807, 2.05) is 0 Å². The zero-order chi connectivity index (χ0) is 22.1. The van der Waals surface area contributed by atoms with Gasteiger partial charge in [0.1, 0.15) is 11.6 Å². The van der Waals surface area contributed by atoms with E-state index in [9.17, 15) is 24.2 Å². The van der Waals surface area contributed by atoms with Gasteiger partial charge in [-0.3, -0.25) is 4.52 Å². The molecule has 2 aliphatic rings. The van der Waals surface area contributed by atoms with Crippen molar-refractivity contribution in [3.8, 4) is 0 Å². The number of thioether (sulfide) groups is 1. The van der Waals surface area contributed by atoms with Crippen molar-refractivity contribution in [3.05, 3.63) is 6.33 Å². The van der Waals surface area contributed by atoms with E-state index in [1.165, 1.54) is 18.1 Å². The Kier molecular flexibility index (Phi) is 5.30. The van der Waals surface area contributed by atoms with Crippen LogP contribution in [-0.4, -0.2) is 69.5 Å². The number of hydrogen-bond acceptors (Lipinski definition) is 11. The minimum Gasteiger partial charge on any atom is -0.390 e. The summed E-state index contributed by atoms with van der Waals surface area (Å²) in [5, 5.41) is 21.6. The summed E-state index contributed by atoms with van der Waals surface area (Å²) in [5.74, 6) is -0.221. The van der Waals surface area contributed by atoms with Gasteiger partial charge in [0.15, 0.2) is 16.6 Å². The third-order valence-electron chi connectivity index (χ3n) is 5.49. The molecule has 2 saturated carbocycles. The molecule has 0 spiro atoms. The number of aromatic nitrogens is 4. The van der Waals surface area contributed by atoms with Gasteiger partial charge in [-0.15, -0.1) is 0 Å². The maximum Gasteiger partial charge on any atom is 0.481 e. The smallest absolute Gasteiger partial charge is 0.390 e. The van der Waals surface area contributed by atoms with Crippen LogP contribution in [0.4, 0.5) is 5.82 Å². The molecule has 17 heteroatoms. The van der Waals surface area contributed by atoms with Crippen LogP contribution in [0, 0.1) is 11.3 Å². The second kappa shape index (κ2) is 7.20. The molecule has 4 rings (SSSR count). The van der Waals surface area contributed by atoms with Gasteiger partial charge in [-0.1, -0.05) is 11.8 Å². The molecule has 7 N–H and O–H groups in total. The first-order valence-corrected chi connectivity index (χ1v) is 12.8. The standard InChI is InChI=1S/C13H19N5O9P2S/c1-30-12-16-10(14)6-11(17-12)18(4-15-6)7-5-2-13(5,9(20)8(7)19)3-26-29(24,25)27-28(21,22)23/h4-5,7-9,19-20H,2-3H2,1H3,(H,24,25)(H2,14,16,17)(H2,21,22,23)/t5-,7-,8+,9+,13+/m1/s1. The molecule has 2 aliphatic carbocycles. The highest BCUT2D eigenvalue weighted by Gasteiger charge is 2.72. The van der Waals surface area contributed by atoms with Gasteiger partial charge in [-0.05, 0) is 18.6 Å². The summed E-state index contributed by atoms with van der Waals surface area (Å²) >= 11 is 1.27. The fourth-order valence-corrected chi connectivity index (χ4v) is 6.15. The number of fused-ring (bicyclic) bond motifs is 2. The molecule has 0 bridgehead atoms. The molecule has 1 unspecified atom stereocenters. The molecule has 0 aromatic carbocycles. The summed E-state index contributed by atoms with van der Waals surface area (Å²) in [6.07, 6.45) is 0.898. The fourth-order valence-electron chi connectivity index (χ4n) is 4.11. The Hall–Kier alpha value is -1.12. The number of nitrogens with two attached hydrogens (primary N) is 1. The molecule has 0 saturated heterocycles. The fraction of sp³-hybridized carbons (Fsp3) is 0.615. The first kappa shape index (κ1) is 22.1. The molecule has 0 aliphatic heterocycles.